The van der Waals surface area contributed by atoms with Crippen LogP contribution in [-0.4, -0.2) is 17.0 Å². The Morgan fingerprint density at radius 3 is 3.00 bits per heavy atom. The van der Waals surface area contributed by atoms with Crippen molar-refractivity contribution in [2.45, 2.75) is 50.0 Å². The van der Waals surface area contributed by atoms with Crippen LogP contribution >= 0.6 is 11.8 Å². The second kappa shape index (κ2) is 8.46. The zero-order valence-corrected chi connectivity index (χ0v) is 13.4. The Labute approximate surface area is 131 Å². The highest BCUT2D eigenvalue weighted by molar-refractivity contribution is 7.99. The van der Waals surface area contributed by atoms with Gasteiger partial charge < -0.3 is 5.11 Å². The first kappa shape index (κ1) is 16.4. The van der Waals surface area contributed by atoms with Crippen LogP contribution in [0.4, 0.5) is 4.39 Å². The summed E-state index contributed by atoms with van der Waals surface area (Å²) in [6.07, 6.45) is 5.69. The lowest BCUT2D eigenvalue weighted by Gasteiger charge is -2.26. The summed E-state index contributed by atoms with van der Waals surface area (Å²) in [5, 5.41) is 9.51. The summed E-state index contributed by atoms with van der Waals surface area (Å²) in [5.74, 6) is 7.35. The number of rotatable bonds is 4. The van der Waals surface area contributed by atoms with Gasteiger partial charge in [0.25, 0.3) is 0 Å². The molecule has 114 valence electrons. The zero-order valence-electron chi connectivity index (χ0n) is 12.6. The SMILES string of the molecule is CC1CCCC(SCc2ccc(F)cc2C#CCCO)C1. The van der Waals surface area contributed by atoms with Gasteiger partial charge in [-0.25, -0.2) is 4.39 Å². The van der Waals surface area contributed by atoms with Crippen LogP contribution in [0.5, 0.6) is 0 Å². The van der Waals surface area contributed by atoms with E-state index in [2.05, 4.69) is 18.8 Å². The van der Waals surface area contributed by atoms with Gasteiger partial charge in [-0.3, -0.25) is 0 Å². The molecule has 0 bridgehead atoms. The lowest BCUT2D eigenvalue weighted by molar-refractivity contribution is 0.305. The number of hydrogen-bond acceptors (Lipinski definition) is 2. The van der Waals surface area contributed by atoms with Crippen LogP contribution in [-0.2, 0) is 5.75 Å². The minimum atomic E-state index is -0.247. The van der Waals surface area contributed by atoms with Crippen LogP contribution in [0, 0.1) is 23.6 Å². The molecule has 0 aliphatic heterocycles. The molecule has 0 amide bonds. The molecule has 1 aliphatic rings. The number of halogens is 1. The molecule has 1 aromatic rings. The van der Waals surface area contributed by atoms with Gasteiger partial charge in [-0.15, -0.1) is 0 Å². The van der Waals surface area contributed by atoms with E-state index in [9.17, 15) is 4.39 Å². The summed E-state index contributed by atoms with van der Waals surface area (Å²) in [5.41, 5.74) is 1.87. The lowest BCUT2D eigenvalue weighted by atomic mass is 9.91. The third kappa shape index (κ3) is 5.37. The van der Waals surface area contributed by atoms with E-state index >= 15 is 0 Å². The Morgan fingerprint density at radius 1 is 1.38 bits per heavy atom. The van der Waals surface area contributed by atoms with Crippen molar-refractivity contribution in [3.8, 4) is 11.8 Å². The van der Waals surface area contributed by atoms with E-state index in [4.69, 9.17) is 5.11 Å². The number of aliphatic hydroxyl groups is 1. The highest BCUT2D eigenvalue weighted by Gasteiger charge is 2.19. The third-order valence-corrected chi connectivity index (χ3v) is 5.27. The summed E-state index contributed by atoms with van der Waals surface area (Å²) in [6, 6.07) is 4.86. The van der Waals surface area contributed by atoms with Gasteiger partial charge in [-0.2, -0.15) is 11.8 Å². The molecular weight excluding hydrogens is 283 g/mol. The third-order valence-electron chi connectivity index (χ3n) is 3.89. The average molecular weight is 306 g/mol. The highest BCUT2D eigenvalue weighted by Crippen LogP contribution is 2.34. The van der Waals surface area contributed by atoms with E-state index < -0.39 is 0 Å². The Bertz CT molecular complexity index is 518. The molecule has 1 fully saturated rings. The van der Waals surface area contributed by atoms with Crippen LogP contribution in [0.25, 0.3) is 0 Å². The fourth-order valence-electron chi connectivity index (χ4n) is 2.74. The highest BCUT2D eigenvalue weighted by atomic mass is 32.2. The molecule has 0 spiro atoms. The number of hydrogen-bond donors (Lipinski definition) is 1. The standard InChI is InChI=1S/C18H23FOS/c1-14-5-4-7-18(11-14)21-13-16-8-9-17(19)12-15(16)6-2-3-10-20/h8-9,12,14,18,20H,3-5,7,10-11,13H2,1H3. The minimum Gasteiger partial charge on any atom is -0.395 e. The first-order chi connectivity index (χ1) is 10.2. The Balaban J connectivity index is 2.00. The van der Waals surface area contributed by atoms with Crippen molar-refractivity contribution >= 4 is 11.8 Å². The van der Waals surface area contributed by atoms with Crippen LogP contribution in [0.15, 0.2) is 18.2 Å². The first-order valence-electron chi connectivity index (χ1n) is 7.69. The molecule has 1 aliphatic carbocycles. The predicted molar refractivity (Wildman–Crippen MR) is 87.7 cm³/mol. The van der Waals surface area contributed by atoms with Crippen LogP contribution < -0.4 is 0 Å². The van der Waals surface area contributed by atoms with Crippen molar-refractivity contribution in [1.29, 1.82) is 0 Å². The van der Waals surface area contributed by atoms with Crippen molar-refractivity contribution < 1.29 is 9.50 Å². The average Bonchev–Trinajstić information content (AvgIpc) is 2.47. The molecule has 1 aromatic carbocycles. The van der Waals surface area contributed by atoms with Gasteiger partial charge >= 0.3 is 0 Å². The zero-order chi connectivity index (χ0) is 15.1. The number of aliphatic hydroxyl groups excluding tert-OH is 1. The molecule has 0 aromatic heterocycles. The molecule has 21 heavy (non-hydrogen) atoms. The van der Waals surface area contributed by atoms with Crippen molar-refractivity contribution in [2.24, 2.45) is 5.92 Å². The van der Waals surface area contributed by atoms with E-state index in [1.54, 1.807) is 0 Å². The normalized spacial score (nSPS) is 21.7. The second-order valence-corrected chi connectivity index (χ2v) is 7.07. The first-order valence-corrected chi connectivity index (χ1v) is 8.73. The van der Waals surface area contributed by atoms with Crippen molar-refractivity contribution in [3.63, 3.8) is 0 Å². The maximum Gasteiger partial charge on any atom is 0.124 e. The van der Waals surface area contributed by atoms with Crippen molar-refractivity contribution in [3.05, 3.63) is 35.1 Å². The topological polar surface area (TPSA) is 20.2 Å². The molecule has 2 unspecified atom stereocenters. The van der Waals surface area contributed by atoms with Gasteiger partial charge in [0.2, 0.25) is 0 Å². The number of benzene rings is 1. The van der Waals surface area contributed by atoms with E-state index in [1.165, 1.54) is 37.8 Å². The largest absolute Gasteiger partial charge is 0.395 e. The Kier molecular flexibility index (Phi) is 6.60. The summed E-state index contributed by atoms with van der Waals surface area (Å²) >= 11 is 1.97. The van der Waals surface area contributed by atoms with Gasteiger partial charge in [0.15, 0.2) is 0 Å². The molecule has 0 saturated heterocycles. The lowest BCUT2D eigenvalue weighted by Crippen LogP contribution is -2.15. The molecule has 1 N–H and O–H groups in total. The van der Waals surface area contributed by atoms with E-state index in [0.29, 0.717) is 6.42 Å². The molecule has 1 nitrogen and oxygen atoms in total. The molecule has 1 saturated carbocycles. The van der Waals surface area contributed by atoms with Crippen LogP contribution in [0.2, 0.25) is 0 Å². The summed E-state index contributed by atoms with van der Waals surface area (Å²) in [7, 11) is 0. The Hall–Kier alpha value is -0.980. The fourth-order valence-corrected chi connectivity index (χ4v) is 4.21. The van der Waals surface area contributed by atoms with Crippen LogP contribution in [0.3, 0.4) is 0 Å². The van der Waals surface area contributed by atoms with Crippen molar-refractivity contribution in [1.82, 2.24) is 0 Å². The van der Waals surface area contributed by atoms with E-state index in [-0.39, 0.29) is 12.4 Å². The Morgan fingerprint density at radius 2 is 2.24 bits per heavy atom. The predicted octanol–water partition coefficient (Wildman–Crippen LogP) is 4.37. The molecule has 0 heterocycles. The maximum absolute atomic E-state index is 13.4. The van der Waals surface area contributed by atoms with Crippen molar-refractivity contribution in [2.75, 3.05) is 6.61 Å². The van der Waals surface area contributed by atoms with E-state index in [1.807, 2.05) is 17.8 Å². The minimum absolute atomic E-state index is 0.0480. The summed E-state index contributed by atoms with van der Waals surface area (Å²) < 4.78 is 13.4. The summed E-state index contributed by atoms with van der Waals surface area (Å²) in [6.45, 7) is 2.38. The molecular formula is C18H23FOS. The monoisotopic (exact) mass is 306 g/mol. The second-order valence-electron chi connectivity index (χ2n) is 5.78. The molecule has 3 heteroatoms. The van der Waals surface area contributed by atoms with Gasteiger partial charge in [0.05, 0.1) is 6.61 Å². The van der Waals surface area contributed by atoms with Gasteiger partial charge in [0, 0.05) is 23.0 Å². The molecule has 0 radical (unpaired) electrons. The molecule has 2 rings (SSSR count). The van der Waals surface area contributed by atoms with E-state index in [0.717, 1.165) is 28.0 Å². The summed E-state index contributed by atoms with van der Waals surface area (Å²) in [4.78, 5) is 0. The van der Waals surface area contributed by atoms with Crippen LogP contribution in [0.1, 0.15) is 50.2 Å². The molecule has 2 atom stereocenters. The smallest absolute Gasteiger partial charge is 0.124 e. The maximum atomic E-state index is 13.4. The van der Waals surface area contributed by atoms with Gasteiger partial charge in [-0.1, -0.05) is 37.7 Å². The van der Waals surface area contributed by atoms with Gasteiger partial charge in [-0.05, 0) is 36.5 Å². The van der Waals surface area contributed by atoms with Gasteiger partial charge in [0.1, 0.15) is 5.82 Å². The quantitative estimate of drug-likeness (QED) is 0.834. The fraction of sp³-hybridized carbons (Fsp3) is 0.556. The number of thioether (sulfide) groups is 1.